The summed E-state index contributed by atoms with van der Waals surface area (Å²) in [6.07, 6.45) is 6.89. The van der Waals surface area contributed by atoms with E-state index in [0.717, 1.165) is 6.54 Å². The molecule has 0 bridgehead atoms. The minimum absolute atomic E-state index is 0.443. The van der Waals surface area contributed by atoms with Crippen LogP contribution in [-0.4, -0.2) is 30.1 Å². The van der Waals surface area contributed by atoms with E-state index in [0.29, 0.717) is 5.54 Å². The largest absolute Gasteiger partial charge is 0.329 e. The summed E-state index contributed by atoms with van der Waals surface area (Å²) in [5.74, 6) is 0. The molecule has 0 spiro atoms. The third kappa shape index (κ3) is 1.09. The summed E-state index contributed by atoms with van der Waals surface area (Å²) in [6.45, 7) is 3.49. The quantitative estimate of drug-likeness (QED) is 0.642. The Kier molecular flexibility index (Phi) is 1.90. The van der Waals surface area contributed by atoms with Crippen LogP contribution < -0.4 is 5.73 Å². The first-order valence-electron chi connectivity index (χ1n) is 4.82. The molecule has 0 aromatic rings. The Hall–Kier alpha value is -0.0800. The van der Waals surface area contributed by atoms with Crippen LogP contribution in [0.5, 0.6) is 0 Å². The van der Waals surface area contributed by atoms with Crippen molar-refractivity contribution >= 4 is 0 Å². The summed E-state index contributed by atoms with van der Waals surface area (Å²) in [6, 6.07) is 0. The third-order valence-electron chi connectivity index (χ3n) is 3.44. The molecule has 2 N–H and O–H groups in total. The van der Waals surface area contributed by atoms with Crippen molar-refractivity contribution < 1.29 is 0 Å². The van der Waals surface area contributed by atoms with Gasteiger partial charge in [0.1, 0.15) is 0 Å². The van der Waals surface area contributed by atoms with Gasteiger partial charge in [-0.25, -0.2) is 0 Å². The molecule has 2 nitrogen and oxygen atoms in total. The molecule has 0 radical (unpaired) electrons. The number of likely N-dealkylation sites (tertiary alicyclic amines) is 1. The van der Waals surface area contributed by atoms with E-state index >= 15 is 0 Å². The van der Waals surface area contributed by atoms with Gasteiger partial charge in [0.2, 0.25) is 0 Å². The fourth-order valence-corrected chi connectivity index (χ4v) is 2.47. The van der Waals surface area contributed by atoms with Gasteiger partial charge in [0, 0.05) is 12.1 Å². The fraction of sp³-hybridized carbons (Fsp3) is 1.00. The van der Waals surface area contributed by atoms with Gasteiger partial charge in [-0.2, -0.15) is 0 Å². The molecule has 1 saturated heterocycles. The second-order valence-electron chi connectivity index (χ2n) is 3.98. The van der Waals surface area contributed by atoms with Gasteiger partial charge in [-0.1, -0.05) is 12.8 Å². The molecule has 0 atom stereocenters. The molecule has 11 heavy (non-hydrogen) atoms. The van der Waals surface area contributed by atoms with E-state index in [1.165, 1.54) is 45.2 Å². The van der Waals surface area contributed by atoms with E-state index in [4.69, 9.17) is 5.73 Å². The molecule has 2 rings (SSSR count). The molecule has 0 unspecified atom stereocenters. The summed E-state index contributed by atoms with van der Waals surface area (Å²) < 4.78 is 0. The Balaban J connectivity index is 2.02. The van der Waals surface area contributed by atoms with E-state index < -0.39 is 0 Å². The summed E-state index contributed by atoms with van der Waals surface area (Å²) in [5, 5.41) is 0. The summed E-state index contributed by atoms with van der Waals surface area (Å²) >= 11 is 0. The molecule has 0 aromatic carbocycles. The molecule has 1 aliphatic heterocycles. The number of nitrogens with zero attached hydrogens (tertiary/aromatic N) is 1. The highest BCUT2D eigenvalue weighted by atomic mass is 15.2. The fourth-order valence-electron chi connectivity index (χ4n) is 2.47. The Labute approximate surface area is 68.7 Å². The third-order valence-corrected chi connectivity index (χ3v) is 3.44. The molecule has 2 heteroatoms. The summed E-state index contributed by atoms with van der Waals surface area (Å²) in [5.41, 5.74) is 6.28. The maximum absolute atomic E-state index is 5.84. The van der Waals surface area contributed by atoms with Crippen molar-refractivity contribution in [3.8, 4) is 0 Å². The molecular formula is C9H18N2. The van der Waals surface area contributed by atoms with Gasteiger partial charge in [-0.15, -0.1) is 0 Å². The Morgan fingerprint density at radius 1 is 1.09 bits per heavy atom. The molecule has 0 aromatic heterocycles. The minimum Gasteiger partial charge on any atom is -0.329 e. The Morgan fingerprint density at radius 2 is 1.73 bits per heavy atom. The number of nitrogens with two attached hydrogens (primary N) is 1. The van der Waals surface area contributed by atoms with Gasteiger partial charge in [0.15, 0.2) is 0 Å². The smallest absolute Gasteiger partial charge is 0.0331 e. The summed E-state index contributed by atoms with van der Waals surface area (Å²) in [4.78, 5) is 2.60. The van der Waals surface area contributed by atoms with Crippen LogP contribution >= 0.6 is 0 Å². The first-order valence-corrected chi connectivity index (χ1v) is 4.82. The minimum atomic E-state index is 0.443. The lowest BCUT2D eigenvalue weighted by Gasteiger charge is -2.46. The van der Waals surface area contributed by atoms with Crippen LogP contribution in [0.3, 0.4) is 0 Å². The van der Waals surface area contributed by atoms with Crippen molar-refractivity contribution in [1.82, 2.24) is 4.90 Å². The molecule has 1 saturated carbocycles. The number of hydrogen-bond acceptors (Lipinski definition) is 2. The van der Waals surface area contributed by atoms with Crippen molar-refractivity contribution in [2.24, 2.45) is 5.73 Å². The van der Waals surface area contributed by atoms with E-state index in [2.05, 4.69) is 4.90 Å². The lowest BCUT2D eigenvalue weighted by Crippen LogP contribution is -2.57. The molecule has 1 heterocycles. The van der Waals surface area contributed by atoms with Gasteiger partial charge in [-0.05, 0) is 32.4 Å². The second-order valence-corrected chi connectivity index (χ2v) is 3.98. The Bertz CT molecular complexity index is 134. The monoisotopic (exact) mass is 154 g/mol. The van der Waals surface area contributed by atoms with Crippen LogP contribution in [0, 0.1) is 0 Å². The van der Waals surface area contributed by atoms with Gasteiger partial charge in [0.25, 0.3) is 0 Å². The van der Waals surface area contributed by atoms with Crippen molar-refractivity contribution in [3.63, 3.8) is 0 Å². The van der Waals surface area contributed by atoms with Crippen molar-refractivity contribution in [2.45, 2.75) is 37.6 Å². The molecule has 1 aliphatic carbocycles. The highest BCUT2D eigenvalue weighted by Crippen LogP contribution is 2.36. The van der Waals surface area contributed by atoms with E-state index in [9.17, 15) is 0 Å². The van der Waals surface area contributed by atoms with Gasteiger partial charge in [0.05, 0.1) is 0 Å². The predicted octanol–water partition coefficient (Wildman–Crippen LogP) is 0.964. The van der Waals surface area contributed by atoms with Crippen LogP contribution in [0.1, 0.15) is 32.1 Å². The van der Waals surface area contributed by atoms with Crippen molar-refractivity contribution in [2.75, 3.05) is 19.6 Å². The molecule has 64 valence electrons. The van der Waals surface area contributed by atoms with Crippen LogP contribution in [0.15, 0.2) is 0 Å². The zero-order valence-corrected chi connectivity index (χ0v) is 7.18. The van der Waals surface area contributed by atoms with Crippen molar-refractivity contribution in [3.05, 3.63) is 0 Å². The van der Waals surface area contributed by atoms with Crippen molar-refractivity contribution in [1.29, 1.82) is 0 Å². The van der Waals surface area contributed by atoms with Crippen LogP contribution in [0.2, 0.25) is 0 Å². The molecular weight excluding hydrogens is 136 g/mol. The predicted molar refractivity (Wildman–Crippen MR) is 46.4 cm³/mol. The first kappa shape index (κ1) is 7.56. The molecule has 2 fully saturated rings. The number of hydrogen-bond donors (Lipinski definition) is 1. The SMILES string of the molecule is NCC1(N2CCC2)CCCC1. The van der Waals surface area contributed by atoms with Crippen LogP contribution in [0.25, 0.3) is 0 Å². The highest BCUT2D eigenvalue weighted by molar-refractivity contribution is 4.98. The highest BCUT2D eigenvalue weighted by Gasteiger charge is 2.40. The van der Waals surface area contributed by atoms with Crippen LogP contribution in [0.4, 0.5) is 0 Å². The van der Waals surface area contributed by atoms with Crippen LogP contribution in [-0.2, 0) is 0 Å². The lowest BCUT2D eigenvalue weighted by molar-refractivity contribution is 0.0394. The van der Waals surface area contributed by atoms with E-state index in [1.54, 1.807) is 0 Å². The van der Waals surface area contributed by atoms with Gasteiger partial charge < -0.3 is 5.73 Å². The maximum atomic E-state index is 5.84. The zero-order valence-electron chi connectivity index (χ0n) is 7.18. The standard InChI is InChI=1S/C9H18N2/c10-8-9(4-1-2-5-9)11-6-3-7-11/h1-8,10H2. The van der Waals surface area contributed by atoms with Gasteiger partial charge in [-0.3, -0.25) is 4.90 Å². The average Bonchev–Trinajstić information content (AvgIpc) is 2.34. The maximum Gasteiger partial charge on any atom is 0.0331 e. The Morgan fingerprint density at radius 3 is 2.09 bits per heavy atom. The zero-order chi connectivity index (χ0) is 7.73. The first-order chi connectivity index (χ1) is 5.37. The topological polar surface area (TPSA) is 29.3 Å². The normalized spacial score (nSPS) is 30.3. The van der Waals surface area contributed by atoms with E-state index in [-0.39, 0.29) is 0 Å². The number of rotatable bonds is 2. The lowest BCUT2D eigenvalue weighted by atomic mass is 9.92. The second kappa shape index (κ2) is 2.76. The van der Waals surface area contributed by atoms with Gasteiger partial charge >= 0.3 is 0 Å². The summed E-state index contributed by atoms with van der Waals surface area (Å²) in [7, 11) is 0. The molecule has 2 aliphatic rings. The molecule has 0 amide bonds. The van der Waals surface area contributed by atoms with E-state index in [1.807, 2.05) is 0 Å². The average molecular weight is 154 g/mol.